The second-order valence-electron chi connectivity index (χ2n) is 6.53. The highest BCUT2D eigenvalue weighted by Crippen LogP contribution is 2.21. The van der Waals surface area contributed by atoms with Gasteiger partial charge in [-0.2, -0.15) is 0 Å². The molecule has 4 heteroatoms. The Balaban J connectivity index is 2.40. The first-order chi connectivity index (χ1) is 8.28. The van der Waals surface area contributed by atoms with Crippen LogP contribution in [-0.4, -0.2) is 55.2 Å². The van der Waals surface area contributed by atoms with Crippen molar-refractivity contribution >= 4 is 6.09 Å². The molecule has 1 amide bonds. The van der Waals surface area contributed by atoms with E-state index in [2.05, 4.69) is 19.0 Å². The molecule has 0 aromatic carbocycles. The molecule has 0 aliphatic carbocycles. The Kier molecular flexibility index (Phi) is 5.45. The van der Waals surface area contributed by atoms with Crippen LogP contribution in [0.15, 0.2) is 0 Å². The van der Waals surface area contributed by atoms with E-state index in [0.29, 0.717) is 5.92 Å². The normalized spacial score (nSPS) is 21.2. The van der Waals surface area contributed by atoms with E-state index >= 15 is 0 Å². The maximum Gasteiger partial charge on any atom is 0.410 e. The van der Waals surface area contributed by atoms with Gasteiger partial charge in [-0.25, -0.2) is 4.79 Å². The van der Waals surface area contributed by atoms with Gasteiger partial charge >= 0.3 is 6.09 Å². The quantitative estimate of drug-likeness (QED) is 0.778. The van der Waals surface area contributed by atoms with Gasteiger partial charge in [-0.05, 0) is 66.6 Å². The van der Waals surface area contributed by atoms with E-state index in [0.717, 1.165) is 32.5 Å². The number of carbonyl (C=O) groups excluding carboxylic acids is 1. The van der Waals surface area contributed by atoms with E-state index in [1.807, 2.05) is 25.7 Å². The summed E-state index contributed by atoms with van der Waals surface area (Å²) in [5.74, 6) is 0.619. The third kappa shape index (κ3) is 5.71. The second-order valence-corrected chi connectivity index (χ2v) is 6.53. The molecule has 1 rings (SSSR count). The van der Waals surface area contributed by atoms with Gasteiger partial charge in [0.25, 0.3) is 0 Å². The van der Waals surface area contributed by atoms with Gasteiger partial charge in [-0.3, -0.25) is 0 Å². The monoisotopic (exact) mass is 256 g/mol. The van der Waals surface area contributed by atoms with E-state index in [9.17, 15) is 4.79 Å². The maximum atomic E-state index is 12.0. The van der Waals surface area contributed by atoms with E-state index in [-0.39, 0.29) is 6.09 Å². The number of piperidine rings is 1. The standard InChI is InChI=1S/C14H28N2O2/c1-14(2,3)18-13(17)16-9-6-7-12(11-16)8-10-15(4)5/h12H,6-11H2,1-5H3/t12-/m0/s1. The fraction of sp³-hybridized carbons (Fsp3) is 0.929. The molecular formula is C14H28N2O2. The summed E-state index contributed by atoms with van der Waals surface area (Å²) in [6.07, 6.45) is 3.33. The Morgan fingerprint density at radius 1 is 1.39 bits per heavy atom. The van der Waals surface area contributed by atoms with Crippen LogP contribution >= 0.6 is 0 Å². The zero-order chi connectivity index (χ0) is 13.8. The first kappa shape index (κ1) is 15.3. The third-order valence-electron chi connectivity index (χ3n) is 3.16. The first-order valence-electron chi connectivity index (χ1n) is 6.90. The van der Waals surface area contributed by atoms with Crippen LogP contribution in [-0.2, 0) is 4.74 Å². The Hall–Kier alpha value is -0.770. The van der Waals surface area contributed by atoms with Crippen molar-refractivity contribution < 1.29 is 9.53 Å². The van der Waals surface area contributed by atoms with E-state index < -0.39 is 5.60 Å². The number of carbonyl (C=O) groups is 1. The average Bonchev–Trinajstić information content (AvgIpc) is 2.24. The van der Waals surface area contributed by atoms with Crippen LogP contribution in [0.3, 0.4) is 0 Å². The molecule has 1 atom stereocenters. The summed E-state index contributed by atoms with van der Waals surface area (Å²) in [4.78, 5) is 16.1. The van der Waals surface area contributed by atoms with Crippen molar-refractivity contribution in [1.82, 2.24) is 9.80 Å². The molecular weight excluding hydrogens is 228 g/mol. The van der Waals surface area contributed by atoms with E-state index in [1.165, 1.54) is 6.42 Å². The summed E-state index contributed by atoms with van der Waals surface area (Å²) >= 11 is 0. The lowest BCUT2D eigenvalue weighted by Gasteiger charge is -2.34. The van der Waals surface area contributed by atoms with E-state index in [4.69, 9.17) is 4.74 Å². The molecule has 0 spiro atoms. The third-order valence-corrected chi connectivity index (χ3v) is 3.16. The molecule has 0 unspecified atom stereocenters. The van der Waals surface area contributed by atoms with Crippen molar-refractivity contribution in [2.24, 2.45) is 5.92 Å². The molecule has 1 heterocycles. The van der Waals surface area contributed by atoms with Crippen molar-refractivity contribution in [2.45, 2.75) is 45.6 Å². The van der Waals surface area contributed by atoms with Crippen LogP contribution in [0.1, 0.15) is 40.0 Å². The summed E-state index contributed by atoms with van der Waals surface area (Å²) in [7, 11) is 4.18. The molecule has 1 aliphatic rings. The smallest absolute Gasteiger partial charge is 0.410 e. The number of nitrogens with zero attached hydrogens (tertiary/aromatic N) is 2. The molecule has 1 saturated heterocycles. The Morgan fingerprint density at radius 3 is 2.61 bits per heavy atom. The van der Waals surface area contributed by atoms with Gasteiger partial charge in [0.05, 0.1) is 0 Å². The number of likely N-dealkylation sites (tertiary alicyclic amines) is 1. The summed E-state index contributed by atoms with van der Waals surface area (Å²) in [6, 6.07) is 0. The summed E-state index contributed by atoms with van der Waals surface area (Å²) in [5, 5.41) is 0. The van der Waals surface area contributed by atoms with Crippen molar-refractivity contribution in [1.29, 1.82) is 0 Å². The van der Waals surface area contributed by atoms with Crippen molar-refractivity contribution in [3.63, 3.8) is 0 Å². The van der Waals surface area contributed by atoms with Crippen LogP contribution in [0, 0.1) is 5.92 Å². The van der Waals surface area contributed by atoms with Gasteiger partial charge in [-0.15, -0.1) is 0 Å². The molecule has 18 heavy (non-hydrogen) atoms. The molecule has 4 nitrogen and oxygen atoms in total. The first-order valence-corrected chi connectivity index (χ1v) is 6.90. The molecule has 0 saturated carbocycles. The van der Waals surface area contributed by atoms with Gasteiger partial charge in [0.15, 0.2) is 0 Å². The SMILES string of the molecule is CN(C)CC[C@@H]1CCCN(C(=O)OC(C)(C)C)C1. The van der Waals surface area contributed by atoms with Gasteiger partial charge in [0.1, 0.15) is 5.60 Å². The largest absolute Gasteiger partial charge is 0.444 e. The minimum atomic E-state index is -0.395. The van der Waals surface area contributed by atoms with Crippen molar-refractivity contribution in [2.75, 3.05) is 33.7 Å². The summed E-state index contributed by atoms with van der Waals surface area (Å²) in [5.41, 5.74) is -0.395. The van der Waals surface area contributed by atoms with Gasteiger partial charge in [-0.1, -0.05) is 0 Å². The minimum Gasteiger partial charge on any atom is -0.444 e. The highest BCUT2D eigenvalue weighted by Gasteiger charge is 2.27. The molecule has 0 radical (unpaired) electrons. The van der Waals surface area contributed by atoms with Crippen LogP contribution in [0.5, 0.6) is 0 Å². The summed E-state index contributed by atoms with van der Waals surface area (Å²) < 4.78 is 5.43. The predicted molar refractivity (Wildman–Crippen MR) is 73.7 cm³/mol. The molecule has 0 N–H and O–H groups in total. The van der Waals surface area contributed by atoms with Crippen LogP contribution in [0.4, 0.5) is 4.79 Å². The average molecular weight is 256 g/mol. The fourth-order valence-electron chi connectivity index (χ4n) is 2.23. The van der Waals surface area contributed by atoms with E-state index in [1.54, 1.807) is 0 Å². The molecule has 1 aliphatic heterocycles. The van der Waals surface area contributed by atoms with Crippen molar-refractivity contribution in [3.05, 3.63) is 0 Å². The predicted octanol–water partition coefficient (Wildman–Crippen LogP) is 2.59. The second kappa shape index (κ2) is 6.41. The zero-order valence-corrected chi connectivity index (χ0v) is 12.5. The maximum absolute atomic E-state index is 12.0. The molecule has 0 bridgehead atoms. The number of ether oxygens (including phenoxy) is 1. The summed E-state index contributed by atoms with van der Waals surface area (Å²) in [6.45, 7) is 8.53. The molecule has 106 valence electrons. The number of hydrogen-bond donors (Lipinski definition) is 0. The molecule has 0 aromatic rings. The highest BCUT2D eigenvalue weighted by atomic mass is 16.6. The minimum absolute atomic E-state index is 0.156. The molecule has 0 aromatic heterocycles. The number of hydrogen-bond acceptors (Lipinski definition) is 3. The fourth-order valence-corrected chi connectivity index (χ4v) is 2.23. The highest BCUT2D eigenvalue weighted by molar-refractivity contribution is 5.68. The lowest BCUT2D eigenvalue weighted by atomic mass is 9.95. The Morgan fingerprint density at radius 2 is 2.06 bits per heavy atom. The van der Waals surface area contributed by atoms with Gasteiger partial charge in [0, 0.05) is 13.1 Å². The van der Waals surface area contributed by atoms with Crippen LogP contribution < -0.4 is 0 Å². The lowest BCUT2D eigenvalue weighted by molar-refractivity contribution is 0.0159. The number of amides is 1. The lowest BCUT2D eigenvalue weighted by Crippen LogP contribution is -2.43. The van der Waals surface area contributed by atoms with Crippen LogP contribution in [0.2, 0.25) is 0 Å². The zero-order valence-electron chi connectivity index (χ0n) is 12.5. The molecule has 1 fully saturated rings. The van der Waals surface area contributed by atoms with Gasteiger partial charge < -0.3 is 14.5 Å². The van der Waals surface area contributed by atoms with Crippen molar-refractivity contribution in [3.8, 4) is 0 Å². The Labute approximate surface area is 111 Å². The van der Waals surface area contributed by atoms with Gasteiger partial charge in [0.2, 0.25) is 0 Å². The Bertz CT molecular complexity index is 271. The number of rotatable bonds is 3. The topological polar surface area (TPSA) is 32.8 Å². The van der Waals surface area contributed by atoms with Crippen LogP contribution in [0.25, 0.3) is 0 Å².